The Morgan fingerprint density at radius 3 is 2.69 bits per heavy atom. The Morgan fingerprint density at radius 1 is 1.35 bits per heavy atom. The molecule has 1 aliphatic carbocycles. The molecule has 0 aromatic carbocycles. The van der Waals surface area contributed by atoms with Crippen LogP contribution in [0.5, 0.6) is 0 Å². The molecule has 0 aliphatic heterocycles. The maximum absolute atomic E-state index is 12.3. The van der Waals surface area contributed by atoms with Crippen molar-refractivity contribution in [2.75, 3.05) is 6.61 Å². The van der Waals surface area contributed by atoms with Crippen molar-refractivity contribution in [3.8, 4) is 0 Å². The van der Waals surface area contributed by atoms with Crippen LogP contribution >= 0.6 is 0 Å². The number of allylic oxidation sites excluding steroid dienone is 5. The van der Waals surface area contributed by atoms with Crippen LogP contribution in [0.4, 0.5) is 0 Å². The molecular weight excluding hydrogens is 330 g/mol. The minimum Gasteiger partial charge on any atom is -0.508 e. The fourth-order valence-corrected chi connectivity index (χ4v) is 3.09. The summed E-state index contributed by atoms with van der Waals surface area (Å²) in [6.07, 6.45) is 16.3. The lowest BCUT2D eigenvalue weighted by Crippen LogP contribution is -2.44. The number of amides is 1. The minimum atomic E-state index is -0.713. The number of aliphatic hydroxyl groups excluding tert-OH is 1. The first-order chi connectivity index (χ1) is 12.4. The third kappa shape index (κ3) is 7.89. The quantitative estimate of drug-likeness (QED) is 0.325. The SMILES string of the molecule is CCCCCCC=CC1(C[C@H](NC(C)=O)C(=O)OCC)C=CC(O)=CC1. The number of hydrogen-bond acceptors (Lipinski definition) is 4. The number of nitrogens with one attached hydrogen (secondary N) is 1. The van der Waals surface area contributed by atoms with Crippen LogP contribution in [0.3, 0.4) is 0 Å². The van der Waals surface area contributed by atoms with Crippen molar-refractivity contribution in [3.05, 3.63) is 36.1 Å². The van der Waals surface area contributed by atoms with E-state index in [0.717, 1.165) is 12.8 Å². The zero-order valence-corrected chi connectivity index (χ0v) is 16.3. The Morgan fingerprint density at radius 2 is 2.12 bits per heavy atom. The van der Waals surface area contributed by atoms with Gasteiger partial charge in [0.25, 0.3) is 0 Å². The number of carbonyl (C=O) groups is 2. The lowest BCUT2D eigenvalue weighted by molar-refractivity contribution is -0.147. The Bertz CT molecular complexity index is 550. The molecule has 0 heterocycles. The van der Waals surface area contributed by atoms with Crippen molar-refractivity contribution < 1.29 is 19.4 Å². The largest absolute Gasteiger partial charge is 0.508 e. The van der Waals surface area contributed by atoms with E-state index in [9.17, 15) is 14.7 Å². The van der Waals surface area contributed by atoms with Gasteiger partial charge in [-0.3, -0.25) is 4.79 Å². The molecule has 0 bridgehead atoms. The van der Waals surface area contributed by atoms with Crippen LogP contribution in [-0.2, 0) is 14.3 Å². The van der Waals surface area contributed by atoms with Gasteiger partial charge >= 0.3 is 5.97 Å². The van der Waals surface area contributed by atoms with Gasteiger partial charge in [-0.25, -0.2) is 4.79 Å². The molecule has 5 nitrogen and oxygen atoms in total. The number of ether oxygens (including phenoxy) is 1. The Balaban J connectivity index is 2.86. The highest BCUT2D eigenvalue weighted by Gasteiger charge is 2.33. The molecule has 0 fully saturated rings. The van der Waals surface area contributed by atoms with E-state index in [1.54, 1.807) is 19.1 Å². The summed E-state index contributed by atoms with van der Waals surface area (Å²) in [4.78, 5) is 23.8. The number of carbonyl (C=O) groups excluding carboxylic acids is 2. The summed E-state index contributed by atoms with van der Waals surface area (Å²) in [7, 11) is 0. The number of rotatable bonds is 11. The fraction of sp³-hybridized carbons (Fsp3) is 0.619. The number of aliphatic hydroxyl groups is 1. The van der Waals surface area contributed by atoms with Gasteiger partial charge in [-0.05, 0) is 44.8 Å². The highest BCUT2D eigenvalue weighted by atomic mass is 16.5. The van der Waals surface area contributed by atoms with Crippen molar-refractivity contribution in [2.24, 2.45) is 5.41 Å². The lowest BCUT2D eigenvalue weighted by Gasteiger charge is -2.32. The summed E-state index contributed by atoms with van der Waals surface area (Å²) in [5.41, 5.74) is -0.420. The predicted molar refractivity (Wildman–Crippen MR) is 104 cm³/mol. The van der Waals surface area contributed by atoms with Gasteiger partial charge < -0.3 is 15.2 Å². The predicted octanol–water partition coefficient (Wildman–Crippen LogP) is 4.36. The maximum Gasteiger partial charge on any atom is 0.328 e. The molecule has 0 aromatic heterocycles. The second kappa shape index (κ2) is 11.6. The van der Waals surface area contributed by atoms with E-state index in [4.69, 9.17) is 4.74 Å². The third-order valence-corrected chi connectivity index (χ3v) is 4.48. The van der Waals surface area contributed by atoms with Crippen molar-refractivity contribution in [3.63, 3.8) is 0 Å². The highest BCUT2D eigenvalue weighted by Crippen LogP contribution is 2.36. The normalized spacial score (nSPS) is 20.7. The Hall–Kier alpha value is -2.04. The average molecular weight is 363 g/mol. The van der Waals surface area contributed by atoms with Crippen LogP contribution in [0.1, 0.15) is 65.7 Å². The molecule has 2 atom stereocenters. The maximum atomic E-state index is 12.3. The Kier molecular flexibility index (Phi) is 9.78. The first kappa shape index (κ1) is 22.0. The van der Waals surface area contributed by atoms with Crippen LogP contribution in [0.25, 0.3) is 0 Å². The highest BCUT2D eigenvalue weighted by molar-refractivity contribution is 5.83. The van der Waals surface area contributed by atoms with Crippen LogP contribution < -0.4 is 5.32 Å². The van der Waals surface area contributed by atoms with Gasteiger partial charge in [0, 0.05) is 12.3 Å². The van der Waals surface area contributed by atoms with Gasteiger partial charge in [-0.15, -0.1) is 0 Å². The van der Waals surface area contributed by atoms with Crippen LogP contribution in [0.15, 0.2) is 36.1 Å². The molecule has 146 valence electrons. The topological polar surface area (TPSA) is 75.6 Å². The smallest absolute Gasteiger partial charge is 0.328 e. The molecule has 26 heavy (non-hydrogen) atoms. The molecule has 1 amide bonds. The van der Waals surface area contributed by atoms with E-state index >= 15 is 0 Å². The molecular formula is C21H33NO4. The number of unbranched alkanes of at least 4 members (excludes halogenated alkanes) is 4. The van der Waals surface area contributed by atoms with Gasteiger partial charge in [0.05, 0.1) is 6.61 Å². The molecule has 0 spiro atoms. The average Bonchev–Trinajstić information content (AvgIpc) is 2.60. The zero-order chi connectivity index (χ0) is 19.4. The van der Waals surface area contributed by atoms with Gasteiger partial charge in [0.2, 0.25) is 5.91 Å². The number of hydrogen-bond donors (Lipinski definition) is 2. The van der Waals surface area contributed by atoms with E-state index in [0.29, 0.717) is 12.8 Å². The standard InChI is InChI=1S/C21H33NO4/c1-4-6-7-8-9-10-13-21(14-11-18(24)12-15-21)16-19(22-17(3)23)20(25)26-5-2/h10-14,19,24H,4-9,15-16H2,1-3H3,(H,22,23)/t19-,21?/m0/s1. The van der Waals surface area contributed by atoms with Gasteiger partial charge in [-0.1, -0.05) is 44.4 Å². The third-order valence-electron chi connectivity index (χ3n) is 4.48. The van der Waals surface area contributed by atoms with Crippen molar-refractivity contribution in [1.29, 1.82) is 0 Å². The summed E-state index contributed by atoms with van der Waals surface area (Å²) < 4.78 is 5.12. The van der Waals surface area contributed by atoms with E-state index < -0.39 is 17.4 Å². The monoisotopic (exact) mass is 363 g/mol. The molecule has 2 N–H and O–H groups in total. The molecule has 0 saturated carbocycles. The van der Waals surface area contributed by atoms with Crippen LogP contribution in [0, 0.1) is 5.41 Å². The molecule has 0 radical (unpaired) electrons. The Labute approximate surface area is 157 Å². The fourth-order valence-electron chi connectivity index (χ4n) is 3.09. The summed E-state index contributed by atoms with van der Waals surface area (Å²) in [6.45, 7) is 5.60. The first-order valence-corrected chi connectivity index (χ1v) is 9.62. The van der Waals surface area contributed by atoms with Crippen LogP contribution in [-0.4, -0.2) is 29.6 Å². The molecule has 1 aliphatic rings. The number of esters is 1. The molecule has 0 saturated heterocycles. The molecule has 1 unspecified atom stereocenters. The van der Waals surface area contributed by atoms with Crippen LogP contribution in [0.2, 0.25) is 0 Å². The second-order valence-electron chi connectivity index (χ2n) is 6.86. The lowest BCUT2D eigenvalue weighted by atomic mass is 9.75. The van der Waals surface area contributed by atoms with E-state index in [-0.39, 0.29) is 18.3 Å². The molecule has 0 aromatic rings. The summed E-state index contributed by atoms with van der Waals surface area (Å²) >= 11 is 0. The van der Waals surface area contributed by atoms with Crippen molar-refractivity contribution in [2.45, 2.75) is 71.8 Å². The van der Waals surface area contributed by atoms with Crippen molar-refractivity contribution in [1.82, 2.24) is 5.32 Å². The van der Waals surface area contributed by atoms with Gasteiger partial charge in [-0.2, -0.15) is 0 Å². The van der Waals surface area contributed by atoms with E-state index in [2.05, 4.69) is 24.4 Å². The van der Waals surface area contributed by atoms with E-state index in [1.807, 2.05) is 6.08 Å². The van der Waals surface area contributed by atoms with Gasteiger partial charge in [0.15, 0.2) is 0 Å². The second-order valence-corrected chi connectivity index (χ2v) is 6.86. The van der Waals surface area contributed by atoms with Crippen molar-refractivity contribution >= 4 is 11.9 Å². The zero-order valence-electron chi connectivity index (χ0n) is 16.3. The minimum absolute atomic E-state index is 0.226. The molecule has 1 rings (SSSR count). The summed E-state index contributed by atoms with van der Waals surface area (Å²) in [5.74, 6) is -0.463. The molecule has 5 heteroatoms. The summed E-state index contributed by atoms with van der Waals surface area (Å²) in [5, 5.41) is 12.4. The first-order valence-electron chi connectivity index (χ1n) is 9.62. The van der Waals surface area contributed by atoms with Gasteiger partial charge in [0.1, 0.15) is 11.8 Å². The summed E-state index contributed by atoms with van der Waals surface area (Å²) in [6, 6.07) is -0.713. The van der Waals surface area contributed by atoms with E-state index in [1.165, 1.54) is 26.2 Å².